The summed E-state index contributed by atoms with van der Waals surface area (Å²) in [6.07, 6.45) is 0. The van der Waals surface area contributed by atoms with Crippen LogP contribution in [0.1, 0.15) is 27.6 Å². The van der Waals surface area contributed by atoms with Crippen LogP contribution in [0.25, 0.3) is 0 Å². The van der Waals surface area contributed by atoms with Crippen molar-refractivity contribution in [2.45, 2.75) is 20.1 Å². The van der Waals surface area contributed by atoms with Gasteiger partial charge in [0.05, 0.1) is 11.5 Å². The van der Waals surface area contributed by atoms with Gasteiger partial charge in [-0.1, -0.05) is 29.8 Å². The normalized spacial score (nSPS) is 10.8. The molecule has 0 saturated heterocycles. The van der Waals surface area contributed by atoms with E-state index < -0.39 is 16.6 Å². The van der Waals surface area contributed by atoms with Gasteiger partial charge in [0.1, 0.15) is 18.2 Å². The van der Waals surface area contributed by atoms with E-state index >= 15 is 0 Å². The molecule has 0 saturated carbocycles. The number of nitro benzene ring substituents is 1. The molecule has 2 aromatic carbocycles. The van der Waals surface area contributed by atoms with Gasteiger partial charge in [0.25, 0.3) is 5.91 Å². The first-order valence-corrected chi connectivity index (χ1v) is 10.4. The second kappa shape index (κ2) is 9.75. The number of carbonyl (C=O) groups excluding carboxylic acids is 1. The lowest BCUT2D eigenvalue weighted by Crippen LogP contribution is -2.12. The Kier molecular flexibility index (Phi) is 6.60. The fourth-order valence-electron chi connectivity index (χ4n) is 3.20. The van der Waals surface area contributed by atoms with E-state index in [9.17, 15) is 19.3 Å². The van der Waals surface area contributed by atoms with Crippen LogP contribution in [0.2, 0.25) is 5.02 Å². The third-order valence-corrected chi connectivity index (χ3v) is 5.26. The zero-order valence-corrected chi connectivity index (χ0v) is 18.6. The fraction of sp³-hybridized carbons (Fsp3) is 0.130. The molecule has 11 heteroatoms. The molecule has 0 aliphatic heterocycles. The zero-order chi connectivity index (χ0) is 24.2. The van der Waals surface area contributed by atoms with E-state index in [1.54, 1.807) is 25.1 Å². The van der Waals surface area contributed by atoms with Gasteiger partial charge in [0, 0.05) is 28.4 Å². The molecule has 9 nitrogen and oxygen atoms in total. The highest BCUT2D eigenvalue weighted by Gasteiger charge is 2.17. The quantitative estimate of drug-likeness (QED) is 0.266. The van der Waals surface area contributed by atoms with Gasteiger partial charge in [0.15, 0.2) is 17.3 Å². The van der Waals surface area contributed by atoms with Crippen LogP contribution in [-0.4, -0.2) is 20.6 Å². The number of ether oxygens (including phenoxy) is 1. The molecular formula is C23H18ClFN4O5. The molecule has 174 valence electrons. The summed E-state index contributed by atoms with van der Waals surface area (Å²) in [6, 6.07) is 15.0. The standard InChI is InChI=1S/C23H18ClFN4O5/c1-14-11-22(27-28(14)12-16-17(24)5-4-6-18(16)25)26-23(30)21-10-9-15(34-21)13-33-20-8-3-2-7-19(20)29(31)32/h2-11H,12-13H2,1H3,(H,26,27,30). The number of halogens is 2. The summed E-state index contributed by atoms with van der Waals surface area (Å²) in [4.78, 5) is 23.1. The van der Waals surface area contributed by atoms with Gasteiger partial charge in [-0.25, -0.2) is 4.39 Å². The van der Waals surface area contributed by atoms with Crippen LogP contribution in [0.4, 0.5) is 15.9 Å². The number of aromatic nitrogens is 2. The molecule has 0 aliphatic rings. The minimum atomic E-state index is -0.550. The van der Waals surface area contributed by atoms with Gasteiger partial charge in [-0.2, -0.15) is 5.10 Å². The second-order valence-corrected chi connectivity index (χ2v) is 7.67. The molecule has 0 radical (unpaired) electrons. The van der Waals surface area contributed by atoms with E-state index in [4.69, 9.17) is 20.8 Å². The molecular weight excluding hydrogens is 467 g/mol. The van der Waals surface area contributed by atoms with Crippen LogP contribution in [0, 0.1) is 22.9 Å². The monoisotopic (exact) mass is 484 g/mol. The number of anilines is 1. The fourth-order valence-corrected chi connectivity index (χ4v) is 3.42. The summed E-state index contributed by atoms with van der Waals surface area (Å²) < 4.78 is 26.6. The number of carbonyl (C=O) groups is 1. The lowest BCUT2D eigenvalue weighted by molar-refractivity contribution is -0.386. The highest BCUT2D eigenvalue weighted by Crippen LogP contribution is 2.27. The molecule has 4 aromatic rings. The SMILES string of the molecule is Cc1cc(NC(=O)c2ccc(COc3ccccc3[N+](=O)[O-])o2)nn1Cc1c(F)cccc1Cl. The third kappa shape index (κ3) is 5.07. The molecule has 2 aromatic heterocycles. The predicted octanol–water partition coefficient (Wildman–Crippen LogP) is 5.36. The zero-order valence-electron chi connectivity index (χ0n) is 17.8. The van der Waals surface area contributed by atoms with Crippen molar-refractivity contribution in [3.8, 4) is 5.75 Å². The smallest absolute Gasteiger partial charge is 0.310 e. The Labute approximate surface area is 197 Å². The molecule has 0 aliphatic carbocycles. The highest BCUT2D eigenvalue weighted by atomic mass is 35.5. The van der Waals surface area contributed by atoms with Gasteiger partial charge in [-0.3, -0.25) is 19.6 Å². The Morgan fingerprint density at radius 3 is 2.79 bits per heavy atom. The lowest BCUT2D eigenvalue weighted by Gasteiger charge is -2.07. The van der Waals surface area contributed by atoms with E-state index in [1.807, 2.05) is 0 Å². The molecule has 1 amide bonds. The first-order chi connectivity index (χ1) is 16.3. The number of para-hydroxylation sites is 2. The Morgan fingerprint density at radius 2 is 2.03 bits per heavy atom. The molecule has 0 atom stereocenters. The molecule has 0 bridgehead atoms. The molecule has 4 rings (SSSR count). The van der Waals surface area contributed by atoms with Crippen molar-refractivity contribution >= 4 is 29.0 Å². The van der Waals surface area contributed by atoms with Crippen LogP contribution < -0.4 is 10.1 Å². The van der Waals surface area contributed by atoms with Crippen molar-refractivity contribution < 1.29 is 23.3 Å². The number of aryl methyl sites for hydroxylation is 1. The van der Waals surface area contributed by atoms with Gasteiger partial charge in [0.2, 0.25) is 0 Å². The number of benzene rings is 2. The Morgan fingerprint density at radius 1 is 1.24 bits per heavy atom. The molecule has 1 N–H and O–H groups in total. The summed E-state index contributed by atoms with van der Waals surface area (Å²) in [7, 11) is 0. The number of furan rings is 1. The average Bonchev–Trinajstić information content (AvgIpc) is 3.41. The highest BCUT2D eigenvalue weighted by molar-refractivity contribution is 6.31. The average molecular weight is 485 g/mol. The van der Waals surface area contributed by atoms with Gasteiger partial charge >= 0.3 is 5.69 Å². The molecule has 0 fully saturated rings. The summed E-state index contributed by atoms with van der Waals surface area (Å²) in [5.41, 5.74) is 0.810. The van der Waals surface area contributed by atoms with Crippen molar-refractivity contribution in [2.75, 3.05) is 5.32 Å². The number of nitro groups is 1. The van der Waals surface area contributed by atoms with Crippen molar-refractivity contribution in [1.29, 1.82) is 0 Å². The first kappa shape index (κ1) is 23.0. The summed E-state index contributed by atoms with van der Waals surface area (Å²) in [5.74, 6) is -0.343. The van der Waals surface area contributed by atoms with Crippen LogP contribution in [0.15, 0.2) is 65.1 Å². The Balaban J connectivity index is 1.41. The number of nitrogens with zero attached hydrogens (tertiary/aromatic N) is 3. The maximum absolute atomic E-state index is 14.1. The Hall–Kier alpha value is -4.18. The van der Waals surface area contributed by atoms with E-state index in [1.165, 1.54) is 47.1 Å². The van der Waals surface area contributed by atoms with Gasteiger partial charge < -0.3 is 14.5 Å². The molecule has 2 heterocycles. The number of hydrogen-bond acceptors (Lipinski definition) is 6. The lowest BCUT2D eigenvalue weighted by atomic mass is 10.2. The predicted molar refractivity (Wildman–Crippen MR) is 122 cm³/mol. The summed E-state index contributed by atoms with van der Waals surface area (Å²) in [5, 5.41) is 18.3. The van der Waals surface area contributed by atoms with Crippen molar-refractivity contribution in [3.05, 3.63) is 104 Å². The summed E-state index contributed by atoms with van der Waals surface area (Å²) >= 11 is 6.09. The topological polar surface area (TPSA) is 112 Å². The summed E-state index contributed by atoms with van der Waals surface area (Å²) in [6.45, 7) is 1.76. The third-order valence-electron chi connectivity index (χ3n) is 4.91. The van der Waals surface area contributed by atoms with E-state index in [0.717, 1.165) is 0 Å². The Bertz CT molecular complexity index is 1350. The van der Waals surface area contributed by atoms with Crippen LogP contribution >= 0.6 is 11.6 Å². The minimum absolute atomic E-state index is 0.00510. The van der Waals surface area contributed by atoms with Crippen LogP contribution in [0.5, 0.6) is 5.75 Å². The molecule has 34 heavy (non-hydrogen) atoms. The molecule has 0 unspecified atom stereocenters. The molecule has 0 spiro atoms. The van der Waals surface area contributed by atoms with Crippen molar-refractivity contribution in [3.63, 3.8) is 0 Å². The van der Waals surface area contributed by atoms with Gasteiger partial charge in [-0.15, -0.1) is 0 Å². The van der Waals surface area contributed by atoms with E-state index in [0.29, 0.717) is 17.0 Å². The van der Waals surface area contributed by atoms with E-state index in [2.05, 4.69) is 10.4 Å². The second-order valence-electron chi connectivity index (χ2n) is 7.26. The van der Waals surface area contributed by atoms with E-state index in [-0.39, 0.29) is 41.2 Å². The maximum atomic E-state index is 14.1. The largest absolute Gasteiger partial charge is 0.479 e. The van der Waals surface area contributed by atoms with Gasteiger partial charge in [-0.05, 0) is 37.3 Å². The maximum Gasteiger partial charge on any atom is 0.310 e. The first-order valence-electron chi connectivity index (χ1n) is 10.1. The number of amides is 1. The van der Waals surface area contributed by atoms with Crippen LogP contribution in [-0.2, 0) is 13.2 Å². The number of nitrogens with one attached hydrogen (secondary N) is 1. The number of hydrogen-bond donors (Lipinski definition) is 1. The van der Waals surface area contributed by atoms with Crippen LogP contribution in [0.3, 0.4) is 0 Å². The van der Waals surface area contributed by atoms with Crippen molar-refractivity contribution in [1.82, 2.24) is 9.78 Å². The minimum Gasteiger partial charge on any atom is -0.479 e. The number of rotatable bonds is 8. The van der Waals surface area contributed by atoms with Crippen molar-refractivity contribution in [2.24, 2.45) is 0 Å².